The average molecular weight is 381 g/mol. The summed E-state index contributed by atoms with van der Waals surface area (Å²) in [6.45, 7) is 2.94. The minimum Gasteiger partial charge on any atom is -0.381 e. The van der Waals surface area contributed by atoms with E-state index in [0.29, 0.717) is 37.9 Å². The first-order chi connectivity index (χ1) is 10.6. The molecule has 0 bridgehead atoms. The van der Waals surface area contributed by atoms with Crippen LogP contribution in [0.15, 0.2) is 24.3 Å². The van der Waals surface area contributed by atoms with Crippen LogP contribution in [0.5, 0.6) is 0 Å². The Bertz CT molecular complexity index is 621. The second-order valence-corrected chi connectivity index (χ2v) is 8.23. The minimum absolute atomic E-state index is 0. The van der Waals surface area contributed by atoms with Gasteiger partial charge in [0.25, 0.3) is 0 Å². The zero-order valence-electron chi connectivity index (χ0n) is 12.8. The molecular formula is C15H22Cl2N2O3S. The maximum absolute atomic E-state index is 12.8. The van der Waals surface area contributed by atoms with Gasteiger partial charge in [-0.3, -0.25) is 0 Å². The highest BCUT2D eigenvalue weighted by Crippen LogP contribution is 2.31. The molecule has 1 N–H and O–H groups in total. The Hall–Kier alpha value is -0.370. The molecule has 23 heavy (non-hydrogen) atoms. The van der Waals surface area contributed by atoms with Gasteiger partial charge in [-0.25, -0.2) is 8.42 Å². The van der Waals surface area contributed by atoms with Gasteiger partial charge in [-0.05, 0) is 24.0 Å². The quantitative estimate of drug-likeness (QED) is 0.868. The van der Waals surface area contributed by atoms with Crippen LogP contribution in [-0.4, -0.2) is 51.3 Å². The van der Waals surface area contributed by atoms with Gasteiger partial charge in [0.1, 0.15) is 0 Å². The van der Waals surface area contributed by atoms with Crippen molar-refractivity contribution >= 4 is 34.0 Å². The van der Waals surface area contributed by atoms with Crippen LogP contribution in [0, 0.1) is 5.92 Å². The van der Waals surface area contributed by atoms with Crippen molar-refractivity contribution in [2.75, 3.05) is 38.6 Å². The van der Waals surface area contributed by atoms with E-state index in [2.05, 4.69) is 5.32 Å². The molecule has 130 valence electrons. The van der Waals surface area contributed by atoms with Crippen LogP contribution in [0.2, 0.25) is 5.02 Å². The summed E-state index contributed by atoms with van der Waals surface area (Å²) in [4.78, 5) is 0. The maximum Gasteiger partial charge on any atom is 0.215 e. The summed E-state index contributed by atoms with van der Waals surface area (Å²) in [5.41, 5.74) is 0.864. The van der Waals surface area contributed by atoms with E-state index < -0.39 is 10.0 Å². The number of benzene rings is 1. The van der Waals surface area contributed by atoms with Crippen molar-refractivity contribution < 1.29 is 13.2 Å². The highest BCUT2D eigenvalue weighted by Gasteiger charge is 2.36. The van der Waals surface area contributed by atoms with E-state index in [4.69, 9.17) is 16.3 Å². The van der Waals surface area contributed by atoms with Gasteiger partial charge in [-0.1, -0.05) is 29.8 Å². The fourth-order valence-corrected chi connectivity index (χ4v) is 5.39. The van der Waals surface area contributed by atoms with Crippen molar-refractivity contribution in [1.29, 1.82) is 0 Å². The predicted octanol–water partition coefficient (Wildman–Crippen LogP) is 2.07. The lowest BCUT2D eigenvalue weighted by atomic mass is 10.1. The topological polar surface area (TPSA) is 58.6 Å². The number of halogens is 2. The van der Waals surface area contributed by atoms with Crippen LogP contribution in [-0.2, 0) is 14.8 Å². The number of rotatable bonds is 4. The molecule has 2 saturated heterocycles. The monoisotopic (exact) mass is 380 g/mol. The number of piperazine rings is 1. The summed E-state index contributed by atoms with van der Waals surface area (Å²) in [6, 6.07) is 7.22. The molecule has 0 aliphatic carbocycles. The fraction of sp³-hybridized carbons (Fsp3) is 0.600. The Morgan fingerprint density at radius 3 is 2.83 bits per heavy atom. The van der Waals surface area contributed by atoms with Crippen molar-refractivity contribution in [3.05, 3.63) is 34.9 Å². The summed E-state index contributed by atoms with van der Waals surface area (Å²) < 4.78 is 32.6. The first kappa shape index (κ1) is 19.0. The standard InChI is InChI=1S/C15H21ClN2O3S.ClH/c16-14-4-2-1-3-13(14)15-9-17-6-7-18(15)22(19,20)11-12-5-8-21-10-12;/h1-4,12,15,17H,5-11H2;1H. The van der Waals surface area contributed by atoms with Crippen LogP contribution >= 0.6 is 24.0 Å². The zero-order chi connectivity index (χ0) is 15.6. The number of hydrogen-bond acceptors (Lipinski definition) is 4. The van der Waals surface area contributed by atoms with Gasteiger partial charge in [0, 0.05) is 31.3 Å². The molecule has 0 radical (unpaired) electrons. The zero-order valence-corrected chi connectivity index (χ0v) is 15.2. The molecule has 0 aromatic heterocycles. The Kier molecular flexibility index (Phi) is 6.71. The Labute approximate surface area is 148 Å². The van der Waals surface area contributed by atoms with Crippen LogP contribution < -0.4 is 5.32 Å². The molecule has 2 atom stereocenters. The van der Waals surface area contributed by atoms with Gasteiger partial charge in [-0.15, -0.1) is 12.4 Å². The number of hydrogen-bond donors (Lipinski definition) is 1. The maximum atomic E-state index is 12.8. The number of ether oxygens (including phenoxy) is 1. The summed E-state index contributed by atoms with van der Waals surface area (Å²) in [7, 11) is -3.33. The van der Waals surface area contributed by atoms with Gasteiger partial charge in [0.2, 0.25) is 10.0 Å². The average Bonchev–Trinajstić information content (AvgIpc) is 3.00. The molecule has 0 spiro atoms. The smallest absolute Gasteiger partial charge is 0.215 e. The van der Waals surface area contributed by atoms with Crippen LogP contribution in [0.25, 0.3) is 0 Å². The number of nitrogens with one attached hydrogen (secondary N) is 1. The first-order valence-corrected chi connectivity index (χ1v) is 9.59. The van der Waals surface area contributed by atoms with E-state index in [-0.39, 0.29) is 30.1 Å². The molecule has 2 aliphatic rings. The Morgan fingerprint density at radius 2 is 2.13 bits per heavy atom. The van der Waals surface area contributed by atoms with E-state index in [9.17, 15) is 8.42 Å². The molecule has 1 aromatic carbocycles. The van der Waals surface area contributed by atoms with Crippen LogP contribution in [0.1, 0.15) is 18.0 Å². The van der Waals surface area contributed by atoms with E-state index in [1.54, 1.807) is 10.4 Å². The predicted molar refractivity (Wildman–Crippen MR) is 93.7 cm³/mol. The third kappa shape index (κ3) is 4.38. The molecule has 2 aliphatic heterocycles. The van der Waals surface area contributed by atoms with Gasteiger partial charge in [-0.2, -0.15) is 4.31 Å². The molecule has 2 heterocycles. The molecule has 2 unspecified atom stereocenters. The molecule has 2 fully saturated rings. The second-order valence-electron chi connectivity index (χ2n) is 5.86. The van der Waals surface area contributed by atoms with E-state index >= 15 is 0 Å². The number of nitrogens with zero attached hydrogens (tertiary/aromatic N) is 1. The van der Waals surface area contributed by atoms with Crippen LogP contribution in [0.4, 0.5) is 0 Å². The fourth-order valence-electron chi connectivity index (χ4n) is 3.14. The number of sulfonamides is 1. The largest absolute Gasteiger partial charge is 0.381 e. The third-order valence-corrected chi connectivity index (χ3v) is 6.67. The molecule has 5 nitrogen and oxygen atoms in total. The van der Waals surface area contributed by atoms with E-state index in [1.165, 1.54) is 0 Å². The molecule has 8 heteroatoms. The second kappa shape index (κ2) is 8.14. The molecule has 0 amide bonds. The Morgan fingerprint density at radius 1 is 1.35 bits per heavy atom. The van der Waals surface area contributed by atoms with Crippen molar-refractivity contribution in [3.8, 4) is 0 Å². The Balaban J connectivity index is 0.00000192. The summed E-state index contributed by atoms with van der Waals surface area (Å²) in [6.07, 6.45) is 0.822. The minimum atomic E-state index is -3.33. The summed E-state index contributed by atoms with van der Waals surface area (Å²) in [5.74, 6) is 0.264. The molecule has 3 rings (SSSR count). The van der Waals surface area contributed by atoms with Gasteiger partial charge < -0.3 is 10.1 Å². The van der Waals surface area contributed by atoms with E-state index in [0.717, 1.165) is 12.0 Å². The van der Waals surface area contributed by atoms with Gasteiger partial charge in [0.05, 0.1) is 18.4 Å². The van der Waals surface area contributed by atoms with Crippen molar-refractivity contribution in [3.63, 3.8) is 0 Å². The highest BCUT2D eigenvalue weighted by molar-refractivity contribution is 7.89. The van der Waals surface area contributed by atoms with Crippen molar-refractivity contribution in [1.82, 2.24) is 9.62 Å². The van der Waals surface area contributed by atoms with Crippen molar-refractivity contribution in [2.45, 2.75) is 12.5 Å². The highest BCUT2D eigenvalue weighted by atomic mass is 35.5. The lowest BCUT2D eigenvalue weighted by Gasteiger charge is -2.36. The first-order valence-electron chi connectivity index (χ1n) is 7.60. The summed E-state index contributed by atoms with van der Waals surface area (Å²) in [5, 5.41) is 3.88. The molecule has 0 saturated carbocycles. The normalized spacial score (nSPS) is 26.0. The third-order valence-electron chi connectivity index (χ3n) is 4.29. The summed E-state index contributed by atoms with van der Waals surface area (Å²) >= 11 is 6.27. The lowest BCUT2D eigenvalue weighted by Crippen LogP contribution is -2.50. The van der Waals surface area contributed by atoms with Gasteiger partial charge in [0.15, 0.2) is 0 Å². The van der Waals surface area contributed by atoms with Crippen molar-refractivity contribution in [2.24, 2.45) is 5.92 Å². The van der Waals surface area contributed by atoms with Crippen LogP contribution in [0.3, 0.4) is 0 Å². The van der Waals surface area contributed by atoms with Gasteiger partial charge >= 0.3 is 0 Å². The van der Waals surface area contributed by atoms with E-state index in [1.807, 2.05) is 18.2 Å². The molecular weight excluding hydrogens is 359 g/mol. The SMILES string of the molecule is Cl.O=S(=O)(CC1CCOC1)N1CCNCC1c1ccccc1Cl. The lowest BCUT2D eigenvalue weighted by molar-refractivity contribution is 0.188. The molecule has 1 aromatic rings.